The fraction of sp³-hybridized carbons (Fsp3) is 0.619. The van der Waals surface area contributed by atoms with E-state index in [2.05, 4.69) is 25.7 Å². The van der Waals surface area contributed by atoms with Crippen LogP contribution >= 0.6 is 0 Å². The highest BCUT2D eigenvalue weighted by molar-refractivity contribution is 6.03. The van der Waals surface area contributed by atoms with E-state index in [0.29, 0.717) is 42.7 Å². The summed E-state index contributed by atoms with van der Waals surface area (Å²) in [5.74, 6) is -1.77. The Labute approximate surface area is 181 Å². The monoisotopic (exact) mass is 435 g/mol. The normalized spacial score (nSPS) is 21.4. The van der Waals surface area contributed by atoms with Crippen molar-refractivity contribution in [1.29, 1.82) is 0 Å². The average Bonchev–Trinajstić information content (AvgIpc) is 3.06. The van der Waals surface area contributed by atoms with Gasteiger partial charge in [-0.25, -0.2) is 13.8 Å². The topological polar surface area (TPSA) is 88.0 Å². The van der Waals surface area contributed by atoms with Gasteiger partial charge < -0.3 is 15.5 Å². The summed E-state index contributed by atoms with van der Waals surface area (Å²) in [5.41, 5.74) is 2.24. The van der Waals surface area contributed by atoms with Gasteiger partial charge in [-0.2, -0.15) is 10.1 Å². The van der Waals surface area contributed by atoms with Crippen molar-refractivity contribution in [2.45, 2.75) is 66.1 Å². The van der Waals surface area contributed by atoms with Gasteiger partial charge in [0.2, 0.25) is 11.9 Å². The van der Waals surface area contributed by atoms with E-state index in [9.17, 15) is 13.6 Å². The molecule has 4 rings (SSSR count). The lowest BCUT2D eigenvalue weighted by Crippen LogP contribution is -2.49. The second-order valence-electron chi connectivity index (χ2n) is 8.54. The lowest BCUT2D eigenvalue weighted by atomic mass is 9.99. The van der Waals surface area contributed by atoms with Crippen LogP contribution in [0.3, 0.4) is 0 Å². The zero-order valence-electron chi connectivity index (χ0n) is 17.6. The van der Waals surface area contributed by atoms with Crippen LogP contribution in [0.2, 0.25) is 0 Å². The number of aromatic nitrogens is 4. The van der Waals surface area contributed by atoms with Crippen molar-refractivity contribution < 1.29 is 13.6 Å². The van der Waals surface area contributed by atoms with Crippen molar-refractivity contribution in [2.24, 2.45) is 11.8 Å². The van der Waals surface area contributed by atoms with Crippen LogP contribution in [0.15, 0.2) is 12.4 Å². The Morgan fingerprint density at radius 3 is 2.71 bits per heavy atom. The minimum Gasteiger partial charge on any atom is -0.350 e. The van der Waals surface area contributed by atoms with E-state index in [1.54, 1.807) is 10.9 Å². The molecule has 1 aliphatic carbocycles. The van der Waals surface area contributed by atoms with Gasteiger partial charge in [0.15, 0.2) is 5.82 Å². The first kappa shape index (κ1) is 22.9. The molecule has 0 spiro atoms. The summed E-state index contributed by atoms with van der Waals surface area (Å²) in [6.07, 6.45) is 3.98. The molecule has 0 saturated heterocycles. The van der Waals surface area contributed by atoms with Crippen molar-refractivity contribution >= 4 is 23.4 Å². The molecule has 1 fully saturated rings. The smallest absolute Gasteiger partial charge is 0.251 e. The minimum atomic E-state index is -2.49. The third-order valence-electron chi connectivity index (χ3n) is 5.77. The van der Waals surface area contributed by atoms with Crippen LogP contribution in [0, 0.1) is 18.8 Å². The lowest BCUT2D eigenvalue weighted by molar-refractivity contribution is -0.118. The largest absolute Gasteiger partial charge is 0.350 e. The number of carbonyl (C=O) groups excluding carboxylic acids is 1. The van der Waals surface area contributed by atoms with Crippen LogP contribution in [0.25, 0.3) is 0 Å². The maximum Gasteiger partial charge on any atom is 0.251 e. The molecule has 1 unspecified atom stereocenters. The van der Waals surface area contributed by atoms with Crippen LogP contribution in [0.1, 0.15) is 45.4 Å². The molecule has 0 aromatic carbocycles. The number of fused-ring (bicyclic) bond motifs is 1. The van der Waals surface area contributed by atoms with Gasteiger partial charge in [0.25, 0.3) is 5.92 Å². The number of alkyl halides is 2. The molecule has 31 heavy (non-hydrogen) atoms. The van der Waals surface area contributed by atoms with Crippen LogP contribution in [-0.4, -0.2) is 44.7 Å². The predicted octanol–water partition coefficient (Wildman–Crippen LogP) is 3.69. The molecule has 1 saturated carbocycles. The third-order valence-corrected chi connectivity index (χ3v) is 5.77. The molecule has 2 N–H and O–H groups in total. The molecular formula is C21H31F2N7O. The summed E-state index contributed by atoms with van der Waals surface area (Å²) >= 11 is 0. The van der Waals surface area contributed by atoms with E-state index in [1.807, 2.05) is 38.9 Å². The van der Waals surface area contributed by atoms with Crippen molar-refractivity contribution in [3.63, 3.8) is 0 Å². The average molecular weight is 436 g/mol. The van der Waals surface area contributed by atoms with Gasteiger partial charge >= 0.3 is 0 Å². The lowest BCUT2D eigenvalue weighted by Gasteiger charge is -2.36. The van der Waals surface area contributed by atoms with Crippen LogP contribution in [-0.2, 0) is 17.9 Å². The second-order valence-corrected chi connectivity index (χ2v) is 8.54. The summed E-state index contributed by atoms with van der Waals surface area (Å²) in [6, 6.07) is -0.295. The van der Waals surface area contributed by atoms with Crippen molar-refractivity contribution in [1.82, 2.24) is 19.7 Å². The van der Waals surface area contributed by atoms with Gasteiger partial charge in [-0.3, -0.25) is 9.48 Å². The van der Waals surface area contributed by atoms with E-state index >= 15 is 0 Å². The number of aryl methyl sites for hydroxylation is 2. The molecule has 0 radical (unpaired) electrons. The van der Waals surface area contributed by atoms with Gasteiger partial charge in [-0.15, -0.1) is 0 Å². The summed E-state index contributed by atoms with van der Waals surface area (Å²) in [6.45, 7) is 6.78. The highest BCUT2D eigenvalue weighted by atomic mass is 19.3. The van der Waals surface area contributed by atoms with Crippen molar-refractivity contribution in [2.75, 3.05) is 22.6 Å². The number of nitrogens with one attached hydrogen (secondary N) is 2. The Hall–Kier alpha value is -2.78. The van der Waals surface area contributed by atoms with Gasteiger partial charge in [-0.05, 0) is 19.3 Å². The first-order chi connectivity index (χ1) is 14.2. The van der Waals surface area contributed by atoms with E-state index in [-0.39, 0.29) is 31.7 Å². The maximum atomic E-state index is 13.0. The highest BCUT2D eigenvalue weighted by Gasteiger charge is 2.56. The molecule has 3 heterocycles. The van der Waals surface area contributed by atoms with E-state index in [0.717, 1.165) is 5.56 Å². The van der Waals surface area contributed by atoms with Gasteiger partial charge in [0.1, 0.15) is 11.7 Å². The number of anilines is 3. The van der Waals surface area contributed by atoms with Crippen molar-refractivity contribution in [3.05, 3.63) is 23.7 Å². The number of likely N-dealkylation sites (N-methyl/N-ethyl adjacent to an activating group) is 1. The predicted molar refractivity (Wildman–Crippen MR) is 116 cm³/mol. The number of halogens is 2. The fourth-order valence-corrected chi connectivity index (χ4v) is 3.97. The van der Waals surface area contributed by atoms with E-state index < -0.39 is 11.8 Å². The maximum absolute atomic E-state index is 13.0. The number of carbonyl (C=O) groups is 1. The zero-order chi connectivity index (χ0) is 21.6. The summed E-state index contributed by atoms with van der Waals surface area (Å²) < 4.78 is 27.7. The van der Waals surface area contributed by atoms with Gasteiger partial charge in [-0.1, -0.05) is 21.3 Å². The van der Waals surface area contributed by atoms with Gasteiger partial charge in [0.05, 0.1) is 11.9 Å². The SMILES string of the molecule is C.Cc1nc(NCc2cnn(CCC3CC3(F)F)c2)nc2c1NC(=O)[C@H](C(C)C)N2C. The zero-order valence-corrected chi connectivity index (χ0v) is 17.6. The summed E-state index contributed by atoms with van der Waals surface area (Å²) in [5, 5.41) is 10.4. The third kappa shape index (κ3) is 4.62. The van der Waals surface area contributed by atoms with Crippen molar-refractivity contribution in [3.8, 4) is 0 Å². The Morgan fingerprint density at radius 1 is 1.35 bits per heavy atom. The molecule has 170 valence electrons. The fourth-order valence-electron chi connectivity index (χ4n) is 3.97. The summed E-state index contributed by atoms with van der Waals surface area (Å²) in [4.78, 5) is 23.4. The van der Waals surface area contributed by atoms with E-state index in [4.69, 9.17) is 0 Å². The molecule has 1 amide bonds. The molecule has 10 heteroatoms. The molecule has 1 aliphatic heterocycles. The quantitative estimate of drug-likeness (QED) is 0.690. The van der Waals surface area contributed by atoms with Gasteiger partial charge in [0, 0.05) is 44.2 Å². The number of nitrogens with zero attached hydrogens (tertiary/aromatic N) is 5. The Kier molecular flexibility index (Phi) is 6.20. The molecule has 2 aromatic rings. The number of hydrogen-bond donors (Lipinski definition) is 2. The van der Waals surface area contributed by atoms with Crippen LogP contribution in [0.5, 0.6) is 0 Å². The number of rotatable bonds is 7. The number of amides is 1. The van der Waals surface area contributed by atoms with Crippen LogP contribution < -0.4 is 15.5 Å². The second kappa shape index (κ2) is 8.39. The molecule has 2 aliphatic rings. The minimum absolute atomic E-state index is 0. The Bertz CT molecular complexity index is 959. The highest BCUT2D eigenvalue weighted by Crippen LogP contribution is 2.50. The first-order valence-electron chi connectivity index (χ1n) is 10.2. The molecule has 2 atom stereocenters. The van der Waals surface area contributed by atoms with Crippen LogP contribution in [0.4, 0.5) is 26.2 Å². The number of hydrogen-bond acceptors (Lipinski definition) is 6. The standard InChI is InChI=1S/C20H27F2N7O.CH4/c1-11(2)16-18(30)26-15-12(3)25-19(27-17(15)28(16)4)23-8-13-9-24-29(10-13)6-5-14-7-20(14,21)22;/h9-11,14,16H,5-8H2,1-4H3,(H,26,30)(H,23,25,27);1H4/t14?,16-;/m0./s1. The first-order valence-corrected chi connectivity index (χ1v) is 10.2. The molecule has 0 bridgehead atoms. The van der Waals surface area contributed by atoms with E-state index in [1.165, 1.54) is 0 Å². The Morgan fingerprint density at radius 2 is 2.06 bits per heavy atom. The molecule has 2 aromatic heterocycles. The Balaban J connectivity index is 0.00000272. The molecular weight excluding hydrogens is 404 g/mol. The summed E-state index contributed by atoms with van der Waals surface area (Å²) in [7, 11) is 1.87. The molecule has 8 nitrogen and oxygen atoms in total.